The highest BCUT2D eigenvalue weighted by Gasteiger charge is 2.54. The van der Waals surface area contributed by atoms with Crippen LogP contribution in [0.2, 0.25) is 0 Å². The molecule has 3 rings (SSSR count). The Kier molecular flexibility index (Phi) is 2.70. The smallest absolute Gasteiger partial charge is 0.315 e. The average Bonchev–Trinajstić information content (AvgIpc) is 2.18. The minimum absolute atomic E-state index is 0.0999. The van der Waals surface area contributed by atoms with E-state index in [1.54, 1.807) is 0 Å². The van der Waals surface area contributed by atoms with Gasteiger partial charge in [-0.25, -0.2) is 0 Å². The second-order valence-electron chi connectivity index (χ2n) is 4.46. The van der Waals surface area contributed by atoms with Gasteiger partial charge in [-0.15, -0.1) is 0 Å². The fraction of sp³-hybridized carbons (Fsp3) is 0.900. The quantitative estimate of drug-likeness (QED) is 0.752. The zero-order valence-corrected chi connectivity index (χ0v) is 8.93. The van der Waals surface area contributed by atoms with Gasteiger partial charge in [0.1, 0.15) is 5.92 Å². The fourth-order valence-corrected chi connectivity index (χ4v) is 2.09. The van der Waals surface area contributed by atoms with Crippen LogP contribution in [0.3, 0.4) is 0 Å². The first-order valence-corrected chi connectivity index (χ1v) is 5.20. The highest BCUT2D eigenvalue weighted by atomic mass is 16.9. The van der Waals surface area contributed by atoms with Crippen molar-refractivity contribution < 1.29 is 24.1 Å². The Hall–Kier alpha value is -0.650. The van der Waals surface area contributed by atoms with Gasteiger partial charge in [-0.1, -0.05) is 13.8 Å². The lowest BCUT2D eigenvalue weighted by Crippen LogP contribution is -2.60. The lowest BCUT2D eigenvalue weighted by molar-refractivity contribution is -0.466. The van der Waals surface area contributed by atoms with E-state index in [0.29, 0.717) is 19.8 Å². The molecule has 15 heavy (non-hydrogen) atoms. The van der Waals surface area contributed by atoms with Gasteiger partial charge in [-0.05, 0) is 5.92 Å². The Morgan fingerprint density at radius 3 is 2.07 bits per heavy atom. The number of rotatable bonds is 3. The first-order chi connectivity index (χ1) is 7.05. The molecular formula is C10H16O5. The SMILES string of the molecule is CC(C)C(C(=O)O)C12OCC(CO1)CO2. The van der Waals surface area contributed by atoms with Gasteiger partial charge in [0.05, 0.1) is 19.8 Å². The molecule has 0 aromatic rings. The van der Waals surface area contributed by atoms with Crippen LogP contribution in [-0.2, 0) is 19.0 Å². The molecule has 5 heteroatoms. The summed E-state index contributed by atoms with van der Waals surface area (Å²) in [7, 11) is 0. The maximum absolute atomic E-state index is 11.2. The van der Waals surface area contributed by atoms with E-state index in [2.05, 4.69) is 0 Å². The Bertz CT molecular complexity index is 241. The van der Waals surface area contributed by atoms with Crippen LogP contribution >= 0.6 is 0 Å². The van der Waals surface area contributed by atoms with Crippen molar-refractivity contribution in [2.75, 3.05) is 19.8 Å². The van der Waals surface area contributed by atoms with Crippen LogP contribution in [0.25, 0.3) is 0 Å². The van der Waals surface area contributed by atoms with E-state index < -0.39 is 17.9 Å². The molecule has 0 aromatic heterocycles. The molecule has 3 fully saturated rings. The lowest BCUT2D eigenvalue weighted by atomic mass is 9.91. The van der Waals surface area contributed by atoms with E-state index in [9.17, 15) is 4.79 Å². The van der Waals surface area contributed by atoms with Gasteiger partial charge in [0.25, 0.3) is 5.97 Å². The number of carboxylic acids is 1. The van der Waals surface area contributed by atoms with E-state index in [0.717, 1.165) is 0 Å². The third kappa shape index (κ3) is 1.75. The van der Waals surface area contributed by atoms with Gasteiger partial charge >= 0.3 is 5.97 Å². The Morgan fingerprint density at radius 2 is 1.73 bits per heavy atom. The van der Waals surface area contributed by atoms with Crippen LogP contribution in [0.4, 0.5) is 0 Å². The van der Waals surface area contributed by atoms with Gasteiger partial charge in [0.2, 0.25) is 0 Å². The number of fused-ring (bicyclic) bond motifs is 3. The predicted octanol–water partition coefficient (Wildman–Crippen LogP) is 0.690. The number of ether oxygens (including phenoxy) is 3. The Morgan fingerprint density at radius 1 is 1.27 bits per heavy atom. The summed E-state index contributed by atoms with van der Waals surface area (Å²) in [6.07, 6.45) is 0. The van der Waals surface area contributed by atoms with Crippen molar-refractivity contribution in [1.29, 1.82) is 0 Å². The van der Waals surface area contributed by atoms with Crippen molar-refractivity contribution in [2.45, 2.75) is 19.8 Å². The monoisotopic (exact) mass is 216 g/mol. The normalized spacial score (nSPS) is 36.9. The summed E-state index contributed by atoms with van der Waals surface area (Å²) >= 11 is 0. The summed E-state index contributed by atoms with van der Waals surface area (Å²) in [5.41, 5.74) is 0. The highest BCUT2D eigenvalue weighted by molar-refractivity contribution is 5.71. The van der Waals surface area contributed by atoms with Gasteiger partial charge in [0.15, 0.2) is 0 Å². The minimum Gasteiger partial charge on any atom is -0.481 e. The zero-order chi connectivity index (χ0) is 11.1. The van der Waals surface area contributed by atoms with E-state index in [1.165, 1.54) is 0 Å². The number of hydrogen-bond acceptors (Lipinski definition) is 4. The van der Waals surface area contributed by atoms with Crippen molar-refractivity contribution >= 4 is 5.97 Å². The second kappa shape index (κ2) is 3.73. The highest BCUT2D eigenvalue weighted by Crippen LogP contribution is 2.39. The first-order valence-electron chi connectivity index (χ1n) is 5.20. The summed E-state index contributed by atoms with van der Waals surface area (Å²) < 4.78 is 16.3. The molecule has 3 heterocycles. The average molecular weight is 216 g/mol. The fourth-order valence-electron chi connectivity index (χ4n) is 2.09. The molecule has 1 atom stereocenters. The molecule has 3 aliphatic heterocycles. The Labute approximate surface area is 88.3 Å². The van der Waals surface area contributed by atoms with Crippen molar-refractivity contribution in [2.24, 2.45) is 17.8 Å². The maximum Gasteiger partial charge on any atom is 0.315 e. The van der Waals surface area contributed by atoms with Crippen LogP contribution in [-0.4, -0.2) is 36.9 Å². The molecule has 86 valence electrons. The summed E-state index contributed by atoms with van der Waals surface area (Å²) in [5, 5.41) is 9.17. The van der Waals surface area contributed by atoms with Crippen LogP contribution < -0.4 is 0 Å². The third-order valence-electron chi connectivity index (χ3n) is 2.87. The standard InChI is InChI=1S/C10H16O5/c1-6(2)8(9(11)12)10-13-3-7(4-14-10)5-15-10/h6-8H,3-5H2,1-2H3,(H,11,12). The molecule has 1 N–H and O–H groups in total. The van der Waals surface area contributed by atoms with Crippen LogP contribution in [0, 0.1) is 17.8 Å². The summed E-state index contributed by atoms with van der Waals surface area (Å²) in [4.78, 5) is 11.2. The van der Waals surface area contributed by atoms with Crippen molar-refractivity contribution in [3.8, 4) is 0 Å². The van der Waals surface area contributed by atoms with Crippen LogP contribution in [0.5, 0.6) is 0 Å². The van der Waals surface area contributed by atoms with Crippen LogP contribution in [0.15, 0.2) is 0 Å². The maximum atomic E-state index is 11.2. The van der Waals surface area contributed by atoms with Crippen molar-refractivity contribution in [3.05, 3.63) is 0 Å². The molecule has 0 amide bonds. The molecule has 2 bridgehead atoms. The minimum atomic E-state index is -1.35. The molecular weight excluding hydrogens is 200 g/mol. The van der Waals surface area contributed by atoms with Gasteiger partial charge < -0.3 is 19.3 Å². The molecule has 0 radical (unpaired) electrons. The van der Waals surface area contributed by atoms with E-state index in [-0.39, 0.29) is 11.8 Å². The summed E-state index contributed by atoms with van der Waals surface area (Å²) in [6, 6.07) is 0. The molecule has 3 aliphatic rings. The van der Waals surface area contributed by atoms with Crippen molar-refractivity contribution in [3.63, 3.8) is 0 Å². The van der Waals surface area contributed by atoms with Gasteiger partial charge in [0, 0.05) is 5.92 Å². The summed E-state index contributed by atoms with van der Waals surface area (Å²) in [5.74, 6) is -2.93. The topological polar surface area (TPSA) is 65.0 Å². The number of carbonyl (C=O) groups is 1. The number of aliphatic carboxylic acids is 1. The molecule has 0 aliphatic carbocycles. The molecule has 0 spiro atoms. The van der Waals surface area contributed by atoms with E-state index in [4.69, 9.17) is 19.3 Å². The second-order valence-corrected chi connectivity index (χ2v) is 4.46. The first kappa shape index (κ1) is 10.9. The number of carboxylic acid groups (broad SMARTS) is 1. The van der Waals surface area contributed by atoms with Crippen molar-refractivity contribution in [1.82, 2.24) is 0 Å². The molecule has 0 saturated carbocycles. The van der Waals surface area contributed by atoms with Gasteiger partial charge in [-0.2, -0.15) is 0 Å². The van der Waals surface area contributed by atoms with Crippen LogP contribution in [0.1, 0.15) is 13.8 Å². The molecule has 3 saturated heterocycles. The van der Waals surface area contributed by atoms with E-state index >= 15 is 0 Å². The molecule has 1 unspecified atom stereocenters. The zero-order valence-electron chi connectivity index (χ0n) is 8.93. The summed E-state index contributed by atoms with van der Waals surface area (Å²) in [6.45, 7) is 5.22. The van der Waals surface area contributed by atoms with Gasteiger partial charge in [-0.3, -0.25) is 4.79 Å². The number of hydrogen-bond donors (Lipinski definition) is 1. The van der Waals surface area contributed by atoms with E-state index in [1.807, 2.05) is 13.8 Å². The largest absolute Gasteiger partial charge is 0.481 e. The predicted molar refractivity (Wildman–Crippen MR) is 50.0 cm³/mol. The molecule has 0 aromatic carbocycles. The molecule has 5 nitrogen and oxygen atoms in total. The lowest BCUT2D eigenvalue weighted by Gasteiger charge is -2.48. The Balaban J connectivity index is 2.21. The third-order valence-corrected chi connectivity index (χ3v) is 2.87.